The number of phenolic OH excluding ortho intramolecular Hbond substituents is 3. The van der Waals surface area contributed by atoms with Gasteiger partial charge in [-0.2, -0.15) is 0 Å². The van der Waals surface area contributed by atoms with Gasteiger partial charge in [0.2, 0.25) is 12.0 Å². The zero-order valence-corrected chi connectivity index (χ0v) is 28.4. The first-order chi connectivity index (χ1) is 25.8. The minimum Gasteiger partial charge on any atom is -0.508 e. The fourth-order valence-corrected chi connectivity index (χ4v) is 6.17. The van der Waals surface area contributed by atoms with E-state index in [0.717, 1.165) is 6.08 Å². The predicted octanol–water partition coefficient (Wildman–Crippen LogP) is 0.464. The minimum absolute atomic E-state index is 0.0241. The van der Waals surface area contributed by atoms with Crippen LogP contribution in [0.5, 0.6) is 28.7 Å². The summed E-state index contributed by atoms with van der Waals surface area (Å²) in [7, 11) is 1.31. The van der Waals surface area contributed by atoms with E-state index in [4.69, 9.17) is 28.1 Å². The number of hydrogen-bond donors (Lipinski definition) is 10. The van der Waals surface area contributed by atoms with Crippen molar-refractivity contribution in [2.45, 2.75) is 61.2 Å². The van der Waals surface area contributed by atoms with Crippen molar-refractivity contribution in [2.75, 3.05) is 20.3 Å². The summed E-state index contributed by atoms with van der Waals surface area (Å²) in [4.78, 5) is 12.5. The number of hydrogen-bond acceptors (Lipinski definition) is 16. The monoisotopic (exact) mass is 755 g/mol. The van der Waals surface area contributed by atoms with Crippen molar-refractivity contribution in [3.8, 4) is 40.1 Å². The van der Waals surface area contributed by atoms with Gasteiger partial charge in [-0.3, -0.25) is 0 Å². The Hall–Kier alpha value is -5.08. The summed E-state index contributed by atoms with van der Waals surface area (Å²) >= 11 is 0. The molecule has 17 heteroatoms. The molecule has 3 aromatic carbocycles. The molecule has 0 radical (unpaired) electrons. The average molecular weight is 756 g/mol. The lowest BCUT2D eigenvalue weighted by Crippen LogP contribution is -2.60. The minimum atomic E-state index is -1.89. The van der Waals surface area contributed by atoms with Crippen LogP contribution >= 0.6 is 0 Å². The van der Waals surface area contributed by atoms with Crippen LogP contribution in [0.3, 0.4) is 0 Å². The molecular formula is C37H39O17+. The van der Waals surface area contributed by atoms with Crippen LogP contribution in [0.4, 0.5) is 0 Å². The van der Waals surface area contributed by atoms with Crippen LogP contribution in [0.25, 0.3) is 28.4 Å². The van der Waals surface area contributed by atoms with Crippen LogP contribution in [-0.4, -0.2) is 132 Å². The quantitative estimate of drug-likeness (QED) is 0.0598. The van der Waals surface area contributed by atoms with Gasteiger partial charge in [0, 0.05) is 23.8 Å². The Labute approximate surface area is 306 Å². The molecule has 0 unspecified atom stereocenters. The molecule has 288 valence electrons. The van der Waals surface area contributed by atoms with Crippen LogP contribution in [-0.2, 0) is 19.0 Å². The Balaban J connectivity index is 1.36. The van der Waals surface area contributed by atoms with Gasteiger partial charge in [-0.05, 0) is 42.0 Å². The molecule has 0 spiro atoms. The molecule has 54 heavy (non-hydrogen) atoms. The molecule has 0 saturated carbocycles. The normalized spacial score (nSPS) is 28.6. The summed E-state index contributed by atoms with van der Waals surface area (Å²) in [5.41, 5.74) is 0.813. The Morgan fingerprint density at radius 3 is 2.19 bits per heavy atom. The molecule has 2 aliphatic heterocycles. The number of aromatic hydroxyl groups is 3. The highest BCUT2D eigenvalue weighted by atomic mass is 16.7. The number of fused-ring (bicyclic) bond motifs is 1. The molecule has 6 rings (SSSR count). The Morgan fingerprint density at radius 1 is 0.778 bits per heavy atom. The molecule has 3 heterocycles. The first-order valence-electron chi connectivity index (χ1n) is 16.6. The fraction of sp³-hybridized carbons (Fsp3) is 0.351. The number of ether oxygens (including phenoxy) is 5. The van der Waals surface area contributed by atoms with Crippen LogP contribution in [0.15, 0.2) is 71.2 Å². The molecular weight excluding hydrogens is 716 g/mol. The molecule has 10 N–H and O–H groups in total. The van der Waals surface area contributed by atoms with Crippen molar-refractivity contribution in [2.24, 2.45) is 0 Å². The van der Waals surface area contributed by atoms with Crippen LogP contribution in [0.1, 0.15) is 17.2 Å². The maximum Gasteiger partial charge on any atom is 0.402 e. The number of rotatable bonds is 10. The van der Waals surface area contributed by atoms with E-state index in [1.807, 2.05) is 0 Å². The Bertz CT molecular complexity index is 1980. The number of carbonyl (C=O) groups excluding carboxylic acids is 1. The second-order valence-corrected chi connectivity index (χ2v) is 12.7. The average Bonchev–Trinajstić information content (AvgIpc) is 3.16. The highest BCUT2D eigenvalue weighted by Gasteiger charge is 2.48. The van der Waals surface area contributed by atoms with E-state index < -0.39 is 80.4 Å². The molecule has 2 aliphatic rings. The smallest absolute Gasteiger partial charge is 0.402 e. The van der Waals surface area contributed by atoms with Gasteiger partial charge >= 0.3 is 17.3 Å². The van der Waals surface area contributed by atoms with E-state index in [9.17, 15) is 55.9 Å². The third-order valence-corrected chi connectivity index (χ3v) is 9.12. The molecule has 2 fully saturated rings. The molecule has 4 aromatic rings. The van der Waals surface area contributed by atoms with E-state index in [0.29, 0.717) is 5.56 Å². The molecule has 0 aliphatic carbocycles. The number of esters is 1. The summed E-state index contributed by atoms with van der Waals surface area (Å²) < 4.78 is 34.3. The first-order valence-corrected chi connectivity index (χ1v) is 16.6. The number of carbonyl (C=O) groups is 1. The Kier molecular flexibility index (Phi) is 11.5. The highest BCUT2D eigenvalue weighted by Crippen LogP contribution is 2.44. The van der Waals surface area contributed by atoms with Crippen molar-refractivity contribution in [1.29, 1.82) is 0 Å². The largest absolute Gasteiger partial charge is 0.508 e. The summed E-state index contributed by atoms with van der Waals surface area (Å²) in [5, 5.41) is 105. The molecule has 0 amide bonds. The van der Waals surface area contributed by atoms with Crippen molar-refractivity contribution in [3.05, 3.63) is 77.9 Å². The summed E-state index contributed by atoms with van der Waals surface area (Å²) in [5.74, 6) is -1.64. The topological polar surface area (TPSA) is 277 Å². The summed E-state index contributed by atoms with van der Waals surface area (Å²) in [6, 6.07) is 13.9. The van der Waals surface area contributed by atoms with Crippen molar-refractivity contribution in [1.82, 2.24) is 0 Å². The predicted molar refractivity (Wildman–Crippen MR) is 184 cm³/mol. The number of benzene rings is 3. The van der Waals surface area contributed by atoms with Gasteiger partial charge in [-0.15, -0.1) is 0 Å². The molecule has 10 atom stereocenters. The molecule has 1 aromatic heterocycles. The van der Waals surface area contributed by atoms with Crippen LogP contribution in [0, 0.1) is 0 Å². The van der Waals surface area contributed by atoms with Gasteiger partial charge < -0.3 is 74.7 Å². The zero-order chi connectivity index (χ0) is 38.8. The van der Waals surface area contributed by atoms with Gasteiger partial charge in [-0.25, -0.2) is 9.21 Å². The second-order valence-electron chi connectivity index (χ2n) is 12.7. The lowest BCUT2D eigenvalue weighted by Gasteiger charge is -2.40. The number of phenols is 3. The van der Waals surface area contributed by atoms with Crippen molar-refractivity contribution in [3.63, 3.8) is 0 Å². The van der Waals surface area contributed by atoms with Gasteiger partial charge in [0.1, 0.15) is 73.0 Å². The standard InChI is InChI=1S/C37H38O17/c1-49-24-10-17(5-8-22(24)41)35-25(13-20-21(11-19(40)12-23(20)51-35)36-33(47)31(45)29(43)26(14-38)52-36)53-37-34(48)32(46)30(44)27(54-37)15-50-28(42)9-4-16-2-6-18(39)7-3-16/h2-13,26-27,29-34,36-38,43-48H,14-15H2,1H3,(H2-,39,40,41,42)/p+1/t26-,27-,29-,30-,31+,32+,33-,34-,36+,37-/m1/s1. The number of aliphatic hydroxyl groups is 7. The van der Waals surface area contributed by atoms with E-state index >= 15 is 0 Å². The van der Waals surface area contributed by atoms with Gasteiger partial charge in [-0.1, -0.05) is 12.1 Å². The van der Waals surface area contributed by atoms with Crippen molar-refractivity contribution >= 4 is 23.0 Å². The van der Waals surface area contributed by atoms with Crippen LogP contribution in [0.2, 0.25) is 0 Å². The maximum absolute atomic E-state index is 12.5. The lowest BCUT2D eigenvalue weighted by molar-refractivity contribution is -0.278. The number of aliphatic hydroxyl groups excluding tert-OH is 7. The summed E-state index contributed by atoms with van der Waals surface area (Å²) in [6.45, 7) is -1.31. The zero-order valence-electron chi connectivity index (χ0n) is 28.4. The van der Waals surface area contributed by atoms with E-state index in [1.165, 1.54) is 61.7 Å². The highest BCUT2D eigenvalue weighted by molar-refractivity contribution is 5.88. The molecule has 2 saturated heterocycles. The van der Waals surface area contributed by atoms with E-state index in [2.05, 4.69) is 0 Å². The third-order valence-electron chi connectivity index (χ3n) is 9.12. The lowest BCUT2D eigenvalue weighted by atomic mass is 9.89. The van der Waals surface area contributed by atoms with E-state index in [-0.39, 0.29) is 56.6 Å². The fourth-order valence-electron chi connectivity index (χ4n) is 6.17. The van der Waals surface area contributed by atoms with Gasteiger partial charge in [0.05, 0.1) is 30.7 Å². The summed E-state index contributed by atoms with van der Waals surface area (Å²) in [6.07, 6.45) is -14.1. The SMILES string of the molecule is COc1cc(-c2[o+]c3cc(O)cc([C@@H]4O[C@H](CO)[C@@H](O)[C@H](O)[C@H]4O)c3cc2O[C@@H]2O[C@H](COC(=O)C=Cc3ccc(O)cc3)[C@@H](O)[C@H](O)[C@H]2O)ccc1O. The molecule has 0 bridgehead atoms. The Morgan fingerprint density at radius 2 is 1.48 bits per heavy atom. The van der Waals surface area contributed by atoms with Crippen molar-refractivity contribution < 1.29 is 84.0 Å². The first kappa shape index (κ1) is 38.6. The van der Waals surface area contributed by atoms with Gasteiger partial charge in [0.15, 0.2) is 11.5 Å². The maximum atomic E-state index is 12.5. The number of methoxy groups -OCH3 is 1. The molecule has 17 nitrogen and oxygen atoms in total. The second kappa shape index (κ2) is 16.1. The van der Waals surface area contributed by atoms with Crippen LogP contribution < -0.4 is 9.47 Å². The van der Waals surface area contributed by atoms with Gasteiger partial charge in [0.25, 0.3) is 0 Å². The third kappa shape index (κ3) is 7.90. The van der Waals surface area contributed by atoms with E-state index in [1.54, 1.807) is 12.1 Å².